The topological polar surface area (TPSA) is 74.7 Å². The second-order valence-corrected chi connectivity index (χ2v) is 7.30. The van der Waals surface area contributed by atoms with E-state index in [0.717, 1.165) is 6.07 Å². The molecule has 1 atom stereocenters. The van der Waals surface area contributed by atoms with E-state index in [1.54, 1.807) is 0 Å². The predicted octanol–water partition coefficient (Wildman–Crippen LogP) is 1.04. The highest BCUT2D eigenvalue weighted by Gasteiger charge is 2.33. The summed E-state index contributed by atoms with van der Waals surface area (Å²) < 4.78 is 49.9. The van der Waals surface area contributed by atoms with Gasteiger partial charge in [0.2, 0.25) is 0 Å². The summed E-state index contributed by atoms with van der Waals surface area (Å²) in [6.45, 7) is -0.563. The third kappa shape index (κ3) is 3.98. The van der Waals surface area contributed by atoms with Crippen molar-refractivity contribution in [2.75, 3.05) is 18.1 Å². The maximum Gasteiger partial charge on any atom is 0.317 e. The van der Waals surface area contributed by atoms with Gasteiger partial charge in [0.25, 0.3) is 0 Å². The largest absolute Gasteiger partial charge is 0.480 e. The molecule has 21 heavy (non-hydrogen) atoms. The van der Waals surface area contributed by atoms with Crippen LogP contribution in [0.1, 0.15) is 12.0 Å². The van der Waals surface area contributed by atoms with Crippen molar-refractivity contribution >= 4 is 15.8 Å². The number of carboxylic acid groups (broad SMARTS) is 1. The lowest BCUT2D eigenvalue weighted by Crippen LogP contribution is -2.39. The number of aliphatic carboxylic acids is 1. The molecule has 1 N–H and O–H groups in total. The lowest BCUT2D eigenvalue weighted by atomic mass is 10.1. The Morgan fingerprint density at radius 2 is 2.10 bits per heavy atom. The van der Waals surface area contributed by atoms with E-state index in [4.69, 9.17) is 5.11 Å². The quantitative estimate of drug-likeness (QED) is 0.878. The maximum atomic E-state index is 13.7. The molecule has 1 heterocycles. The molecule has 1 fully saturated rings. The van der Waals surface area contributed by atoms with Gasteiger partial charge in [-0.2, -0.15) is 0 Å². The van der Waals surface area contributed by atoms with Crippen molar-refractivity contribution in [1.82, 2.24) is 4.90 Å². The Bertz CT molecular complexity index is 648. The summed E-state index contributed by atoms with van der Waals surface area (Å²) in [5.41, 5.74) is 0.0144. The second-order valence-electron chi connectivity index (χ2n) is 5.07. The molecule has 1 aromatic carbocycles. The molecule has 116 valence electrons. The number of rotatable bonds is 5. The zero-order valence-corrected chi connectivity index (χ0v) is 11.9. The van der Waals surface area contributed by atoms with Gasteiger partial charge in [0.1, 0.15) is 0 Å². The lowest BCUT2D eigenvalue weighted by molar-refractivity contribution is -0.139. The molecule has 0 radical (unpaired) electrons. The van der Waals surface area contributed by atoms with Crippen LogP contribution in [0.4, 0.5) is 8.78 Å². The van der Waals surface area contributed by atoms with Crippen LogP contribution in [-0.2, 0) is 21.2 Å². The van der Waals surface area contributed by atoms with Gasteiger partial charge < -0.3 is 5.11 Å². The zero-order valence-electron chi connectivity index (χ0n) is 11.1. The molecular formula is C13H15F2NO4S. The van der Waals surface area contributed by atoms with Crippen molar-refractivity contribution in [1.29, 1.82) is 0 Å². The van der Waals surface area contributed by atoms with Crippen molar-refractivity contribution in [3.05, 3.63) is 35.4 Å². The highest BCUT2D eigenvalue weighted by molar-refractivity contribution is 7.91. The molecule has 1 aliphatic rings. The van der Waals surface area contributed by atoms with Gasteiger partial charge in [0, 0.05) is 18.2 Å². The molecule has 2 rings (SSSR count). The normalized spacial score (nSPS) is 20.8. The van der Waals surface area contributed by atoms with E-state index in [2.05, 4.69) is 0 Å². The van der Waals surface area contributed by atoms with Crippen LogP contribution in [0.3, 0.4) is 0 Å². The summed E-state index contributed by atoms with van der Waals surface area (Å²) in [4.78, 5) is 12.3. The van der Waals surface area contributed by atoms with Gasteiger partial charge in [-0.1, -0.05) is 12.1 Å². The molecule has 0 saturated carbocycles. The predicted molar refractivity (Wildman–Crippen MR) is 71.5 cm³/mol. The average Bonchev–Trinajstić information content (AvgIpc) is 2.74. The Balaban J connectivity index is 2.21. The molecule has 1 unspecified atom stereocenters. The molecule has 0 spiro atoms. The molecule has 1 saturated heterocycles. The molecular weight excluding hydrogens is 304 g/mol. The summed E-state index contributed by atoms with van der Waals surface area (Å²) in [5.74, 6) is -3.36. The van der Waals surface area contributed by atoms with E-state index in [9.17, 15) is 22.0 Å². The first-order chi connectivity index (χ1) is 9.78. The molecule has 5 nitrogen and oxygen atoms in total. The van der Waals surface area contributed by atoms with Gasteiger partial charge in [0.15, 0.2) is 21.5 Å². The second kappa shape index (κ2) is 6.07. The smallest absolute Gasteiger partial charge is 0.317 e. The van der Waals surface area contributed by atoms with Crippen molar-refractivity contribution < 1.29 is 27.1 Å². The number of hydrogen-bond acceptors (Lipinski definition) is 4. The van der Waals surface area contributed by atoms with Crippen molar-refractivity contribution in [3.8, 4) is 0 Å². The number of carboxylic acids is 1. The number of benzene rings is 1. The van der Waals surface area contributed by atoms with Gasteiger partial charge >= 0.3 is 5.97 Å². The average molecular weight is 319 g/mol. The fourth-order valence-electron chi connectivity index (χ4n) is 2.44. The van der Waals surface area contributed by atoms with Crippen LogP contribution in [0.2, 0.25) is 0 Å². The number of hydrogen-bond donors (Lipinski definition) is 1. The van der Waals surface area contributed by atoms with Crippen LogP contribution < -0.4 is 0 Å². The molecule has 0 aromatic heterocycles. The Labute approximate surface area is 121 Å². The number of carbonyl (C=O) groups is 1. The van der Waals surface area contributed by atoms with Crippen molar-refractivity contribution in [3.63, 3.8) is 0 Å². The standard InChI is InChI=1S/C13H15F2NO4S/c14-11-3-1-2-9(13(11)15)6-16(7-12(17)18)10-4-5-21(19,20)8-10/h1-3,10H,4-8H2,(H,17,18). The fraction of sp³-hybridized carbons (Fsp3) is 0.462. The Hall–Kier alpha value is -1.54. The van der Waals surface area contributed by atoms with Gasteiger partial charge in [-0.25, -0.2) is 17.2 Å². The van der Waals surface area contributed by atoms with Crippen LogP contribution in [0, 0.1) is 11.6 Å². The number of sulfone groups is 1. The first kappa shape index (κ1) is 15.8. The Morgan fingerprint density at radius 3 is 2.67 bits per heavy atom. The van der Waals surface area contributed by atoms with Gasteiger partial charge in [0.05, 0.1) is 18.1 Å². The lowest BCUT2D eigenvalue weighted by Gasteiger charge is -2.26. The number of nitrogens with zero attached hydrogens (tertiary/aromatic N) is 1. The summed E-state index contributed by atoms with van der Waals surface area (Å²) in [7, 11) is -3.19. The van der Waals surface area contributed by atoms with Crippen LogP contribution >= 0.6 is 0 Å². The van der Waals surface area contributed by atoms with Gasteiger partial charge in [-0.3, -0.25) is 9.69 Å². The fourth-order valence-corrected chi connectivity index (χ4v) is 4.20. The van der Waals surface area contributed by atoms with Crippen LogP contribution in [0.15, 0.2) is 18.2 Å². The highest BCUT2D eigenvalue weighted by Crippen LogP contribution is 2.21. The van der Waals surface area contributed by atoms with E-state index >= 15 is 0 Å². The van der Waals surface area contributed by atoms with E-state index in [-0.39, 0.29) is 23.6 Å². The monoisotopic (exact) mass is 319 g/mol. The first-order valence-electron chi connectivity index (χ1n) is 6.37. The van der Waals surface area contributed by atoms with E-state index < -0.39 is 40.0 Å². The zero-order chi connectivity index (χ0) is 15.6. The SMILES string of the molecule is O=C(O)CN(Cc1cccc(F)c1F)C1CCS(=O)(=O)C1. The van der Waals surface area contributed by atoms with E-state index in [1.165, 1.54) is 17.0 Å². The molecule has 0 aliphatic carbocycles. The van der Waals surface area contributed by atoms with Crippen molar-refractivity contribution in [2.24, 2.45) is 0 Å². The molecule has 1 aromatic rings. The highest BCUT2D eigenvalue weighted by atomic mass is 32.2. The van der Waals surface area contributed by atoms with Gasteiger partial charge in [-0.05, 0) is 12.5 Å². The Kier molecular flexibility index (Phi) is 4.58. The first-order valence-corrected chi connectivity index (χ1v) is 8.20. The summed E-state index contributed by atoms with van der Waals surface area (Å²) in [5, 5.41) is 8.92. The number of halogens is 2. The van der Waals surface area contributed by atoms with E-state index in [0.29, 0.717) is 6.42 Å². The van der Waals surface area contributed by atoms with Crippen molar-refractivity contribution in [2.45, 2.75) is 19.0 Å². The molecule has 0 amide bonds. The molecule has 1 aliphatic heterocycles. The third-order valence-electron chi connectivity index (χ3n) is 3.47. The molecule has 8 heteroatoms. The summed E-state index contributed by atoms with van der Waals surface area (Å²) in [6, 6.07) is 3.17. The minimum Gasteiger partial charge on any atom is -0.480 e. The Morgan fingerprint density at radius 1 is 1.38 bits per heavy atom. The van der Waals surface area contributed by atoms with Crippen LogP contribution in [-0.4, -0.2) is 48.5 Å². The minimum atomic E-state index is -3.19. The van der Waals surface area contributed by atoms with E-state index in [1.807, 2.05) is 0 Å². The van der Waals surface area contributed by atoms with Crippen LogP contribution in [0.25, 0.3) is 0 Å². The molecule has 0 bridgehead atoms. The summed E-state index contributed by atoms with van der Waals surface area (Å²) >= 11 is 0. The van der Waals surface area contributed by atoms with Gasteiger partial charge in [-0.15, -0.1) is 0 Å². The summed E-state index contributed by atoms with van der Waals surface area (Å²) in [6.07, 6.45) is 0.298. The third-order valence-corrected chi connectivity index (χ3v) is 5.22. The maximum absolute atomic E-state index is 13.7. The minimum absolute atomic E-state index is 0.0144. The van der Waals surface area contributed by atoms with Crippen LogP contribution in [0.5, 0.6) is 0 Å².